The summed E-state index contributed by atoms with van der Waals surface area (Å²) in [6.45, 7) is 0. The van der Waals surface area contributed by atoms with Gasteiger partial charge in [-0.2, -0.15) is 0 Å². The highest BCUT2D eigenvalue weighted by Gasteiger charge is 2.24. The Morgan fingerprint density at radius 3 is 2.20 bits per heavy atom. The predicted molar refractivity (Wildman–Crippen MR) is 139 cm³/mol. The van der Waals surface area contributed by atoms with E-state index in [4.69, 9.17) is 0 Å². The fraction of sp³-hybridized carbons (Fsp3) is 0.250. The molecule has 0 aliphatic heterocycles. The fourth-order valence-corrected chi connectivity index (χ4v) is 5.31. The van der Waals surface area contributed by atoms with Crippen molar-refractivity contribution < 1.29 is 19.5 Å². The lowest BCUT2D eigenvalue weighted by Crippen LogP contribution is -2.24. The Labute approximate surface area is 209 Å². The van der Waals surface area contributed by atoms with Gasteiger partial charge in [-0.05, 0) is 54.8 Å². The average Bonchev–Trinajstić information content (AvgIpc) is 2.88. The molecular weight excluding hydrogens is 460 g/mol. The molecule has 3 N–H and O–H groups in total. The molecule has 0 aromatic heterocycles. The monoisotopic (exact) mass is 488 g/mol. The van der Waals surface area contributed by atoms with Gasteiger partial charge < -0.3 is 15.7 Å². The molecule has 1 fully saturated rings. The molecule has 3 aromatic carbocycles. The normalized spacial score (nSPS) is 14.6. The molecule has 0 saturated heterocycles. The Morgan fingerprint density at radius 2 is 1.49 bits per heavy atom. The van der Waals surface area contributed by atoms with Crippen LogP contribution in [-0.2, 0) is 9.59 Å². The maximum absolute atomic E-state index is 13.3. The molecule has 1 aliphatic carbocycles. The van der Waals surface area contributed by atoms with Crippen LogP contribution in [0.15, 0.2) is 83.8 Å². The summed E-state index contributed by atoms with van der Waals surface area (Å²) in [7, 11) is 0. The summed E-state index contributed by atoms with van der Waals surface area (Å²) < 4.78 is 0. The van der Waals surface area contributed by atoms with Crippen molar-refractivity contribution in [3.8, 4) is 0 Å². The Kier molecular flexibility index (Phi) is 8.21. The van der Waals surface area contributed by atoms with E-state index in [0.717, 1.165) is 36.1 Å². The average molecular weight is 489 g/mol. The molecule has 2 amide bonds. The van der Waals surface area contributed by atoms with E-state index < -0.39 is 11.2 Å². The highest BCUT2D eigenvalue weighted by Crippen LogP contribution is 2.37. The zero-order chi connectivity index (χ0) is 24.6. The molecule has 0 spiro atoms. The number of carboxylic acid groups (broad SMARTS) is 1. The Bertz CT molecular complexity index is 1190. The van der Waals surface area contributed by atoms with Crippen molar-refractivity contribution in [3.63, 3.8) is 0 Å². The molecule has 3 aromatic rings. The highest BCUT2D eigenvalue weighted by molar-refractivity contribution is 8.00. The first-order valence-corrected chi connectivity index (χ1v) is 12.6. The molecule has 4 rings (SSSR count). The Morgan fingerprint density at radius 1 is 0.800 bits per heavy atom. The van der Waals surface area contributed by atoms with Gasteiger partial charge in [-0.25, -0.2) is 4.79 Å². The summed E-state index contributed by atoms with van der Waals surface area (Å²) in [5.74, 6) is -1.20. The third kappa shape index (κ3) is 6.73. The molecule has 1 atom stereocenters. The molecule has 6 nitrogen and oxygen atoms in total. The number of thioether (sulfide) groups is 1. The second-order valence-corrected chi connectivity index (χ2v) is 9.81. The number of benzene rings is 3. The van der Waals surface area contributed by atoms with Crippen molar-refractivity contribution >= 4 is 40.9 Å². The van der Waals surface area contributed by atoms with E-state index in [2.05, 4.69) is 10.6 Å². The zero-order valence-electron chi connectivity index (χ0n) is 19.3. The van der Waals surface area contributed by atoms with Crippen molar-refractivity contribution in [2.24, 2.45) is 5.92 Å². The lowest BCUT2D eigenvalue weighted by Gasteiger charge is -2.21. The first-order valence-electron chi connectivity index (χ1n) is 11.8. The fourth-order valence-electron chi connectivity index (χ4n) is 4.23. The van der Waals surface area contributed by atoms with E-state index in [9.17, 15) is 19.5 Å². The second kappa shape index (κ2) is 11.7. The SMILES string of the molecule is O=C(O)c1cccc(NC(=O)C(Sc2cccc(NC(=O)C3CCCCC3)c2)c2ccccc2)c1. The van der Waals surface area contributed by atoms with Crippen LogP contribution in [0.3, 0.4) is 0 Å². The van der Waals surface area contributed by atoms with E-state index in [1.807, 2.05) is 54.6 Å². The lowest BCUT2D eigenvalue weighted by atomic mass is 9.88. The van der Waals surface area contributed by atoms with Gasteiger partial charge in [0, 0.05) is 22.2 Å². The highest BCUT2D eigenvalue weighted by atomic mass is 32.2. The minimum atomic E-state index is -1.05. The third-order valence-electron chi connectivity index (χ3n) is 6.05. The number of carbonyl (C=O) groups excluding carboxylic acids is 2. The van der Waals surface area contributed by atoms with Crippen LogP contribution in [0.4, 0.5) is 11.4 Å². The van der Waals surface area contributed by atoms with Crippen molar-refractivity contribution in [1.29, 1.82) is 0 Å². The number of carbonyl (C=O) groups is 3. The number of hydrogen-bond acceptors (Lipinski definition) is 4. The lowest BCUT2D eigenvalue weighted by molar-refractivity contribution is -0.120. The number of aromatic carboxylic acids is 1. The van der Waals surface area contributed by atoms with Gasteiger partial charge in [-0.1, -0.05) is 61.7 Å². The van der Waals surface area contributed by atoms with E-state index in [1.165, 1.54) is 30.3 Å². The van der Waals surface area contributed by atoms with Crippen molar-refractivity contribution in [1.82, 2.24) is 0 Å². The van der Waals surface area contributed by atoms with Crippen LogP contribution in [0.2, 0.25) is 0 Å². The van der Waals surface area contributed by atoms with Crippen LogP contribution in [0, 0.1) is 5.92 Å². The first-order chi connectivity index (χ1) is 17.0. The largest absolute Gasteiger partial charge is 0.478 e. The minimum absolute atomic E-state index is 0.0579. The van der Waals surface area contributed by atoms with Crippen molar-refractivity contribution in [2.45, 2.75) is 42.2 Å². The van der Waals surface area contributed by atoms with Crippen LogP contribution >= 0.6 is 11.8 Å². The van der Waals surface area contributed by atoms with Gasteiger partial charge in [-0.15, -0.1) is 11.8 Å². The van der Waals surface area contributed by atoms with E-state index in [1.54, 1.807) is 12.1 Å². The Hall–Kier alpha value is -3.58. The van der Waals surface area contributed by atoms with Gasteiger partial charge >= 0.3 is 5.97 Å². The molecule has 35 heavy (non-hydrogen) atoms. The summed E-state index contributed by atoms with van der Waals surface area (Å²) >= 11 is 1.38. The van der Waals surface area contributed by atoms with E-state index >= 15 is 0 Å². The maximum Gasteiger partial charge on any atom is 0.335 e. The van der Waals surface area contributed by atoms with Gasteiger partial charge in [0.05, 0.1) is 5.56 Å². The number of hydrogen-bond donors (Lipinski definition) is 3. The standard InChI is InChI=1S/C28H28N2O4S/c31-26(20-11-5-2-6-12-20)29-23-15-8-16-24(18-23)35-25(19-9-3-1-4-10-19)27(32)30-22-14-7-13-21(17-22)28(33)34/h1,3-4,7-10,13-18,20,25H,2,5-6,11-12H2,(H,29,31)(H,30,32)(H,33,34). The summed E-state index contributed by atoms with van der Waals surface area (Å²) in [6, 6.07) is 23.1. The van der Waals surface area contributed by atoms with Gasteiger partial charge in [0.25, 0.3) is 0 Å². The zero-order valence-corrected chi connectivity index (χ0v) is 20.1. The molecule has 0 heterocycles. The van der Waals surface area contributed by atoms with Crippen molar-refractivity contribution in [2.75, 3.05) is 10.6 Å². The second-order valence-electron chi connectivity index (χ2n) is 8.64. The van der Waals surface area contributed by atoms with Gasteiger partial charge in [0.15, 0.2) is 0 Å². The molecule has 180 valence electrons. The van der Waals surface area contributed by atoms with Gasteiger partial charge in [-0.3, -0.25) is 9.59 Å². The van der Waals surface area contributed by atoms with Crippen LogP contribution in [0.1, 0.15) is 53.3 Å². The number of anilines is 2. The number of rotatable bonds is 8. The van der Waals surface area contributed by atoms with Crippen LogP contribution in [0.25, 0.3) is 0 Å². The quantitative estimate of drug-likeness (QED) is 0.320. The first kappa shape index (κ1) is 24.5. The molecule has 7 heteroatoms. The number of nitrogens with one attached hydrogen (secondary N) is 2. The molecule has 1 unspecified atom stereocenters. The topological polar surface area (TPSA) is 95.5 Å². The third-order valence-corrected chi connectivity index (χ3v) is 7.30. The summed E-state index contributed by atoms with van der Waals surface area (Å²) in [5.41, 5.74) is 2.06. The van der Waals surface area contributed by atoms with Crippen LogP contribution < -0.4 is 10.6 Å². The Balaban J connectivity index is 1.51. The smallest absolute Gasteiger partial charge is 0.335 e. The molecular formula is C28H28N2O4S. The minimum Gasteiger partial charge on any atom is -0.478 e. The molecule has 0 radical (unpaired) electrons. The van der Waals surface area contributed by atoms with Crippen LogP contribution in [-0.4, -0.2) is 22.9 Å². The van der Waals surface area contributed by atoms with Crippen molar-refractivity contribution in [3.05, 3.63) is 90.0 Å². The van der Waals surface area contributed by atoms with Crippen LogP contribution in [0.5, 0.6) is 0 Å². The summed E-state index contributed by atoms with van der Waals surface area (Å²) in [5, 5.41) is 14.6. The maximum atomic E-state index is 13.3. The molecule has 1 aliphatic rings. The van der Waals surface area contributed by atoms with E-state index in [-0.39, 0.29) is 23.3 Å². The van der Waals surface area contributed by atoms with Gasteiger partial charge in [0.1, 0.15) is 5.25 Å². The predicted octanol–water partition coefficient (Wildman–Crippen LogP) is 6.38. The molecule has 1 saturated carbocycles. The summed E-state index contributed by atoms with van der Waals surface area (Å²) in [4.78, 5) is 38.1. The molecule has 0 bridgehead atoms. The summed E-state index contributed by atoms with van der Waals surface area (Å²) in [6.07, 6.45) is 5.24. The number of carboxylic acids is 1. The number of amides is 2. The van der Waals surface area contributed by atoms with Gasteiger partial charge in [0.2, 0.25) is 11.8 Å². The van der Waals surface area contributed by atoms with E-state index in [0.29, 0.717) is 11.4 Å².